The predicted octanol–water partition coefficient (Wildman–Crippen LogP) is 1.35. The number of furan rings is 1. The first kappa shape index (κ1) is 14.0. The molecule has 1 N–H and O–H groups in total. The van der Waals surface area contributed by atoms with E-state index in [1.807, 2.05) is 0 Å². The topological polar surface area (TPSA) is 86.5 Å². The van der Waals surface area contributed by atoms with E-state index in [1.54, 1.807) is 24.3 Å². The van der Waals surface area contributed by atoms with Crippen LogP contribution in [-0.4, -0.2) is 23.8 Å². The van der Waals surface area contributed by atoms with Crippen LogP contribution in [0.2, 0.25) is 0 Å². The standard InChI is InChI=1S/C15H14N2O5/c1-20-12-6-10-11(7-13(12)21-2)16-15(19)17(14(10)18)8-9-4-3-5-22-9/h3-7H,8H2,1-2H3,(H,16,19). The molecule has 0 saturated heterocycles. The smallest absolute Gasteiger partial charge is 0.329 e. The third-order valence-electron chi connectivity index (χ3n) is 3.38. The molecule has 22 heavy (non-hydrogen) atoms. The molecule has 7 nitrogen and oxygen atoms in total. The molecule has 1 aromatic carbocycles. The predicted molar refractivity (Wildman–Crippen MR) is 79.7 cm³/mol. The lowest BCUT2D eigenvalue weighted by molar-refractivity contribution is 0.355. The zero-order valence-corrected chi connectivity index (χ0v) is 12.1. The van der Waals surface area contributed by atoms with Gasteiger partial charge in [-0.3, -0.25) is 9.36 Å². The van der Waals surface area contributed by atoms with Crippen LogP contribution in [0.25, 0.3) is 10.9 Å². The summed E-state index contributed by atoms with van der Waals surface area (Å²) in [5.41, 5.74) is -0.541. The number of ether oxygens (including phenoxy) is 2. The van der Waals surface area contributed by atoms with Crippen LogP contribution in [0.5, 0.6) is 11.5 Å². The summed E-state index contributed by atoms with van der Waals surface area (Å²) >= 11 is 0. The van der Waals surface area contributed by atoms with Crippen molar-refractivity contribution in [2.75, 3.05) is 14.2 Å². The second kappa shape index (κ2) is 5.44. The molecule has 0 fully saturated rings. The minimum Gasteiger partial charge on any atom is -0.493 e. The number of nitrogens with zero attached hydrogens (tertiary/aromatic N) is 1. The van der Waals surface area contributed by atoms with Gasteiger partial charge in [0.2, 0.25) is 0 Å². The summed E-state index contributed by atoms with van der Waals surface area (Å²) in [4.78, 5) is 27.3. The fourth-order valence-corrected chi connectivity index (χ4v) is 2.28. The lowest BCUT2D eigenvalue weighted by atomic mass is 10.2. The van der Waals surface area contributed by atoms with Crippen LogP contribution >= 0.6 is 0 Å². The number of rotatable bonds is 4. The highest BCUT2D eigenvalue weighted by atomic mass is 16.5. The molecule has 2 heterocycles. The minimum atomic E-state index is -0.513. The Hall–Kier alpha value is -2.96. The van der Waals surface area contributed by atoms with Crippen LogP contribution in [0.1, 0.15) is 5.76 Å². The normalized spacial score (nSPS) is 10.8. The van der Waals surface area contributed by atoms with Gasteiger partial charge >= 0.3 is 5.69 Å². The van der Waals surface area contributed by atoms with Crippen LogP contribution < -0.4 is 20.7 Å². The number of fused-ring (bicyclic) bond motifs is 1. The second-order valence-electron chi connectivity index (χ2n) is 4.65. The molecule has 2 aromatic heterocycles. The van der Waals surface area contributed by atoms with Gasteiger partial charge in [-0.05, 0) is 18.2 Å². The molecule has 0 aliphatic heterocycles. The molecule has 0 bridgehead atoms. The number of H-pyrrole nitrogens is 1. The maximum atomic E-state index is 12.5. The fourth-order valence-electron chi connectivity index (χ4n) is 2.28. The Kier molecular flexibility index (Phi) is 3.46. The Bertz CT molecular complexity index is 921. The number of nitrogens with one attached hydrogen (secondary N) is 1. The molecule has 114 valence electrons. The number of aromatic amines is 1. The molecule has 0 aliphatic carbocycles. The molecule has 3 rings (SSSR count). The highest BCUT2D eigenvalue weighted by Gasteiger charge is 2.13. The number of hydrogen-bond acceptors (Lipinski definition) is 5. The Balaban J connectivity index is 2.23. The average Bonchev–Trinajstić information content (AvgIpc) is 3.03. The van der Waals surface area contributed by atoms with Gasteiger partial charge in [0.25, 0.3) is 5.56 Å². The zero-order valence-electron chi connectivity index (χ0n) is 12.1. The summed E-state index contributed by atoms with van der Waals surface area (Å²) in [7, 11) is 2.97. The molecular weight excluding hydrogens is 288 g/mol. The third kappa shape index (κ3) is 2.26. The zero-order chi connectivity index (χ0) is 15.7. The largest absolute Gasteiger partial charge is 0.493 e. The van der Waals surface area contributed by atoms with Gasteiger partial charge in [-0.1, -0.05) is 0 Å². The van der Waals surface area contributed by atoms with Crippen LogP contribution in [-0.2, 0) is 6.54 Å². The van der Waals surface area contributed by atoms with E-state index in [0.29, 0.717) is 28.2 Å². The minimum absolute atomic E-state index is 0.0610. The van der Waals surface area contributed by atoms with Crippen molar-refractivity contribution >= 4 is 10.9 Å². The van der Waals surface area contributed by atoms with Crippen LogP contribution in [0.4, 0.5) is 0 Å². The van der Waals surface area contributed by atoms with Gasteiger partial charge < -0.3 is 18.9 Å². The summed E-state index contributed by atoms with van der Waals surface area (Å²) in [5, 5.41) is 0.337. The maximum absolute atomic E-state index is 12.5. The third-order valence-corrected chi connectivity index (χ3v) is 3.38. The number of methoxy groups -OCH3 is 2. The van der Waals surface area contributed by atoms with E-state index >= 15 is 0 Å². The van der Waals surface area contributed by atoms with E-state index in [1.165, 1.54) is 20.5 Å². The highest BCUT2D eigenvalue weighted by molar-refractivity contribution is 5.81. The van der Waals surface area contributed by atoms with Crippen molar-refractivity contribution in [3.05, 3.63) is 57.1 Å². The quantitative estimate of drug-likeness (QED) is 0.786. The Labute approximate surface area is 124 Å². The maximum Gasteiger partial charge on any atom is 0.329 e. The average molecular weight is 302 g/mol. The Morgan fingerprint density at radius 1 is 1.18 bits per heavy atom. The van der Waals surface area contributed by atoms with E-state index in [0.717, 1.165) is 4.57 Å². The molecule has 0 amide bonds. The van der Waals surface area contributed by atoms with E-state index in [9.17, 15) is 9.59 Å². The Morgan fingerprint density at radius 2 is 1.91 bits per heavy atom. The number of aromatic nitrogens is 2. The van der Waals surface area contributed by atoms with E-state index in [-0.39, 0.29) is 6.54 Å². The Morgan fingerprint density at radius 3 is 2.55 bits per heavy atom. The summed E-state index contributed by atoms with van der Waals surface area (Å²) in [6, 6.07) is 6.51. The summed E-state index contributed by atoms with van der Waals surface area (Å²) in [5.74, 6) is 1.38. The van der Waals surface area contributed by atoms with Crippen LogP contribution in [0.3, 0.4) is 0 Å². The SMILES string of the molecule is COc1cc2[nH]c(=O)n(Cc3ccco3)c(=O)c2cc1OC. The van der Waals surface area contributed by atoms with Gasteiger partial charge in [-0.25, -0.2) is 4.79 Å². The van der Waals surface area contributed by atoms with Crippen molar-refractivity contribution in [2.24, 2.45) is 0 Å². The summed E-state index contributed by atoms with van der Waals surface area (Å²) in [6.45, 7) is 0.0610. The van der Waals surface area contributed by atoms with E-state index in [4.69, 9.17) is 13.9 Å². The molecule has 3 aromatic rings. The van der Waals surface area contributed by atoms with Gasteiger partial charge in [0.05, 0.1) is 37.9 Å². The van der Waals surface area contributed by atoms with Crippen molar-refractivity contribution in [3.8, 4) is 11.5 Å². The molecule has 0 radical (unpaired) electrons. The van der Waals surface area contributed by atoms with Crippen molar-refractivity contribution < 1.29 is 13.9 Å². The van der Waals surface area contributed by atoms with Gasteiger partial charge in [0.15, 0.2) is 11.5 Å². The first-order chi connectivity index (χ1) is 10.6. The van der Waals surface area contributed by atoms with Crippen molar-refractivity contribution in [1.29, 1.82) is 0 Å². The van der Waals surface area contributed by atoms with Gasteiger partial charge in [-0.2, -0.15) is 0 Å². The van der Waals surface area contributed by atoms with E-state index in [2.05, 4.69) is 4.98 Å². The van der Waals surface area contributed by atoms with Gasteiger partial charge in [-0.15, -0.1) is 0 Å². The van der Waals surface area contributed by atoms with Crippen molar-refractivity contribution in [2.45, 2.75) is 6.54 Å². The van der Waals surface area contributed by atoms with Crippen molar-refractivity contribution in [1.82, 2.24) is 9.55 Å². The summed E-state index contributed by atoms with van der Waals surface area (Å²) < 4.78 is 16.6. The van der Waals surface area contributed by atoms with Crippen LogP contribution in [0, 0.1) is 0 Å². The monoisotopic (exact) mass is 302 g/mol. The molecule has 0 atom stereocenters. The highest BCUT2D eigenvalue weighted by Crippen LogP contribution is 2.29. The van der Waals surface area contributed by atoms with Gasteiger partial charge in [0.1, 0.15) is 5.76 Å². The molecule has 0 saturated carbocycles. The lowest BCUT2D eigenvalue weighted by Gasteiger charge is -2.10. The first-order valence-corrected chi connectivity index (χ1v) is 6.55. The van der Waals surface area contributed by atoms with Crippen molar-refractivity contribution in [3.63, 3.8) is 0 Å². The molecule has 0 unspecified atom stereocenters. The molecule has 0 spiro atoms. The number of hydrogen-bond donors (Lipinski definition) is 1. The summed E-state index contributed by atoms with van der Waals surface area (Å²) in [6.07, 6.45) is 1.49. The first-order valence-electron chi connectivity index (χ1n) is 6.55. The molecule has 0 aliphatic rings. The van der Waals surface area contributed by atoms with Gasteiger partial charge in [0, 0.05) is 6.07 Å². The number of benzene rings is 1. The molecule has 7 heteroatoms. The lowest BCUT2D eigenvalue weighted by Crippen LogP contribution is -2.35. The fraction of sp³-hybridized carbons (Fsp3) is 0.200. The van der Waals surface area contributed by atoms with E-state index < -0.39 is 11.2 Å². The molecular formula is C15H14N2O5. The second-order valence-corrected chi connectivity index (χ2v) is 4.65. The van der Waals surface area contributed by atoms with Crippen LogP contribution in [0.15, 0.2) is 44.5 Å².